The summed E-state index contributed by atoms with van der Waals surface area (Å²) in [6.07, 6.45) is 1.59. The zero-order valence-electron chi connectivity index (χ0n) is 11.8. The van der Waals surface area contributed by atoms with E-state index in [9.17, 15) is 9.90 Å². The van der Waals surface area contributed by atoms with Crippen LogP contribution in [-0.4, -0.2) is 20.9 Å². The van der Waals surface area contributed by atoms with Crippen LogP contribution in [0.1, 0.15) is 35.6 Å². The summed E-state index contributed by atoms with van der Waals surface area (Å²) in [4.78, 5) is 11.5. The van der Waals surface area contributed by atoms with Crippen molar-refractivity contribution in [2.45, 2.75) is 26.7 Å². The Bertz CT molecular complexity index is 662. The summed E-state index contributed by atoms with van der Waals surface area (Å²) in [7, 11) is 1.90. The summed E-state index contributed by atoms with van der Waals surface area (Å²) in [5, 5.41) is 13.9. The standard InChI is InChI=1S/C15H17BrN2O2/c1-4-12-14(13(5-2)18(3)17-12)10-7-6-9(16)8-11(10)15(19)20/h6-8H,4-5H2,1-3H3,(H,19,20). The normalized spacial score (nSPS) is 10.8. The van der Waals surface area contributed by atoms with Crippen molar-refractivity contribution in [2.75, 3.05) is 0 Å². The minimum atomic E-state index is -0.922. The highest BCUT2D eigenvalue weighted by atomic mass is 79.9. The van der Waals surface area contributed by atoms with Crippen molar-refractivity contribution in [1.82, 2.24) is 9.78 Å². The molecule has 0 bridgehead atoms. The van der Waals surface area contributed by atoms with Crippen molar-refractivity contribution >= 4 is 21.9 Å². The van der Waals surface area contributed by atoms with Crippen LogP contribution in [0.25, 0.3) is 11.1 Å². The van der Waals surface area contributed by atoms with Crippen molar-refractivity contribution in [2.24, 2.45) is 7.05 Å². The van der Waals surface area contributed by atoms with E-state index in [1.165, 1.54) is 0 Å². The van der Waals surface area contributed by atoms with Gasteiger partial charge in [0.15, 0.2) is 0 Å². The van der Waals surface area contributed by atoms with Crippen LogP contribution in [0.15, 0.2) is 22.7 Å². The molecule has 5 heteroatoms. The number of hydrogen-bond donors (Lipinski definition) is 1. The van der Waals surface area contributed by atoms with Crippen LogP contribution >= 0.6 is 15.9 Å². The Labute approximate surface area is 126 Å². The van der Waals surface area contributed by atoms with Crippen LogP contribution in [-0.2, 0) is 19.9 Å². The van der Waals surface area contributed by atoms with E-state index < -0.39 is 5.97 Å². The molecule has 0 radical (unpaired) electrons. The molecular weight excluding hydrogens is 320 g/mol. The average Bonchev–Trinajstić information content (AvgIpc) is 2.74. The van der Waals surface area contributed by atoms with E-state index in [0.717, 1.165) is 39.8 Å². The lowest BCUT2D eigenvalue weighted by molar-refractivity contribution is 0.0697. The maximum atomic E-state index is 11.5. The van der Waals surface area contributed by atoms with Gasteiger partial charge in [0.05, 0.1) is 11.3 Å². The van der Waals surface area contributed by atoms with E-state index in [1.807, 2.05) is 30.8 Å². The molecule has 1 aromatic carbocycles. The third kappa shape index (κ3) is 2.50. The molecule has 0 unspecified atom stereocenters. The number of rotatable bonds is 4. The maximum Gasteiger partial charge on any atom is 0.336 e. The molecule has 20 heavy (non-hydrogen) atoms. The number of aromatic carboxylic acids is 1. The Morgan fingerprint density at radius 3 is 2.60 bits per heavy atom. The summed E-state index contributed by atoms with van der Waals surface area (Å²) < 4.78 is 2.61. The lowest BCUT2D eigenvalue weighted by Crippen LogP contribution is -2.02. The van der Waals surface area contributed by atoms with Crippen molar-refractivity contribution < 1.29 is 9.90 Å². The SMILES string of the molecule is CCc1nn(C)c(CC)c1-c1ccc(Br)cc1C(=O)O. The molecule has 0 saturated heterocycles. The second kappa shape index (κ2) is 5.79. The molecule has 0 aliphatic carbocycles. The first-order valence-electron chi connectivity index (χ1n) is 6.57. The van der Waals surface area contributed by atoms with Crippen molar-refractivity contribution in [3.63, 3.8) is 0 Å². The first-order chi connectivity index (χ1) is 9.49. The maximum absolute atomic E-state index is 11.5. The summed E-state index contributed by atoms with van der Waals surface area (Å²) in [5.41, 5.74) is 4.00. The summed E-state index contributed by atoms with van der Waals surface area (Å²) in [6.45, 7) is 4.09. The Hall–Kier alpha value is -1.62. The molecule has 106 valence electrons. The number of carboxylic acids is 1. The van der Waals surface area contributed by atoms with E-state index in [2.05, 4.69) is 28.0 Å². The number of aromatic nitrogens is 2. The second-order valence-electron chi connectivity index (χ2n) is 4.59. The number of carbonyl (C=O) groups is 1. The second-order valence-corrected chi connectivity index (χ2v) is 5.51. The first-order valence-corrected chi connectivity index (χ1v) is 7.36. The molecule has 1 heterocycles. The number of benzene rings is 1. The fourth-order valence-electron chi connectivity index (χ4n) is 2.50. The van der Waals surface area contributed by atoms with Gasteiger partial charge in [0.1, 0.15) is 0 Å². The predicted octanol–water partition coefficient (Wildman–Crippen LogP) is 3.67. The predicted molar refractivity (Wildman–Crippen MR) is 82.1 cm³/mol. The van der Waals surface area contributed by atoms with Crippen LogP contribution in [0.4, 0.5) is 0 Å². The van der Waals surface area contributed by atoms with Gasteiger partial charge in [0.25, 0.3) is 0 Å². The molecule has 4 nitrogen and oxygen atoms in total. The molecule has 0 spiro atoms. The fourth-order valence-corrected chi connectivity index (χ4v) is 2.86. The Kier molecular flexibility index (Phi) is 4.28. The molecule has 0 aliphatic rings. The van der Waals surface area contributed by atoms with Crippen LogP contribution < -0.4 is 0 Å². The molecular formula is C15H17BrN2O2. The Morgan fingerprint density at radius 2 is 2.05 bits per heavy atom. The van der Waals surface area contributed by atoms with Crippen LogP contribution in [0.2, 0.25) is 0 Å². The highest BCUT2D eigenvalue weighted by Gasteiger charge is 2.20. The molecule has 2 rings (SSSR count). The molecule has 0 atom stereocenters. The minimum absolute atomic E-state index is 0.303. The monoisotopic (exact) mass is 336 g/mol. The van der Waals surface area contributed by atoms with E-state index in [0.29, 0.717) is 5.56 Å². The lowest BCUT2D eigenvalue weighted by atomic mass is 9.96. The van der Waals surface area contributed by atoms with E-state index in [-0.39, 0.29) is 0 Å². The van der Waals surface area contributed by atoms with Gasteiger partial charge in [0.2, 0.25) is 0 Å². The fraction of sp³-hybridized carbons (Fsp3) is 0.333. The van der Waals surface area contributed by atoms with Crippen molar-refractivity contribution in [1.29, 1.82) is 0 Å². The third-order valence-electron chi connectivity index (χ3n) is 3.39. The summed E-state index contributed by atoms with van der Waals surface area (Å²) >= 11 is 3.33. The average molecular weight is 337 g/mol. The zero-order chi connectivity index (χ0) is 14.9. The lowest BCUT2D eigenvalue weighted by Gasteiger charge is -2.09. The number of hydrogen-bond acceptors (Lipinski definition) is 2. The van der Waals surface area contributed by atoms with Gasteiger partial charge in [-0.1, -0.05) is 35.8 Å². The highest BCUT2D eigenvalue weighted by Crippen LogP contribution is 2.32. The van der Waals surface area contributed by atoms with E-state index in [4.69, 9.17) is 0 Å². The number of nitrogens with zero attached hydrogens (tertiary/aromatic N) is 2. The van der Waals surface area contributed by atoms with Gasteiger partial charge in [0, 0.05) is 22.8 Å². The van der Waals surface area contributed by atoms with Gasteiger partial charge in [-0.05, 0) is 30.5 Å². The molecule has 0 aliphatic heterocycles. The van der Waals surface area contributed by atoms with Gasteiger partial charge in [-0.15, -0.1) is 0 Å². The quantitative estimate of drug-likeness (QED) is 0.926. The molecule has 1 aromatic heterocycles. The molecule has 2 aromatic rings. The molecule has 1 N–H and O–H groups in total. The third-order valence-corrected chi connectivity index (χ3v) is 3.88. The van der Waals surface area contributed by atoms with Gasteiger partial charge in [-0.2, -0.15) is 5.10 Å². The van der Waals surface area contributed by atoms with Gasteiger partial charge < -0.3 is 5.11 Å². The number of carboxylic acid groups (broad SMARTS) is 1. The van der Waals surface area contributed by atoms with Gasteiger partial charge >= 0.3 is 5.97 Å². The Morgan fingerprint density at radius 1 is 1.35 bits per heavy atom. The molecule has 0 amide bonds. The number of halogens is 1. The van der Waals surface area contributed by atoms with Gasteiger partial charge in [-0.25, -0.2) is 4.79 Å². The zero-order valence-corrected chi connectivity index (χ0v) is 13.4. The van der Waals surface area contributed by atoms with Crippen molar-refractivity contribution in [3.8, 4) is 11.1 Å². The van der Waals surface area contributed by atoms with E-state index in [1.54, 1.807) is 6.07 Å². The highest BCUT2D eigenvalue weighted by molar-refractivity contribution is 9.10. The van der Waals surface area contributed by atoms with E-state index >= 15 is 0 Å². The number of aryl methyl sites for hydroxylation is 2. The molecule has 0 fully saturated rings. The van der Waals surface area contributed by atoms with Crippen molar-refractivity contribution in [3.05, 3.63) is 39.6 Å². The van der Waals surface area contributed by atoms with Crippen LogP contribution in [0.3, 0.4) is 0 Å². The topological polar surface area (TPSA) is 55.1 Å². The summed E-state index contributed by atoms with van der Waals surface area (Å²) in [6, 6.07) is 5.36. The minimum Gasteiger partial charge on any atom is -0.478 e. The van der Waals surface area contributed by atoms with Crippen LogP contribution in [0, 0.1) is 0 Å². The smallest absolute Gasteiger partial charge is 0.336 e. The van der Waals surface area contributed by atoms with Crippen LogP contribution in [0.5, 0.6) is 0 Å². The Balaban J connectivity index is 2.77. The first kappa shape index (κ1) is 14.8. The summed E-state index contributed by atoms with van der Waals surface area (Å²) in [5.74, 6) is -0.922. The largest absolute Gasteiger partial charge is 0.478 e. The van der Waals surface area contributed by atoms with Gasteiger partial charge in [-0.3, -0.25) is 4.68 Å². The molecule has 0 saturated carbocycles.